The minimum Gasteiger partial charge on any atom is -0.378 e. The molecule has 3 fully saturated rings. The Hall–Kier alpha value is -3.53. The zero-order valence-corrected chi connectivity index (χ0v) is 24.9. The Labute approximate surface area is 251 Å². The van der Waals surface area contributed by atoms with Crippen molar-refractivity contribution in [3.8, 4) is 0 Å². The first-order valence-corrected chi connectivity index (χ1v) is 15.9. The third kappa shape index (κ3) is 5.37. The number of morpholine rings is 2. The molecule has 4 aliphatic rings. The zero-order chi connectivity index (χ0) is 28.5. The third-order valence-electron chi connectivity index (χ3n) is 8.87. The number of ether oxygens (including phenoxy) is 2. The highest BCUT2D eigenvalue weighted by Crippen LogP contribution is 2.45. The van der Waals surface area contributed by atoms with E-state index in [0.29, 0.717) is 4.88 Å². The molecule has 0 bridgehead atoms. The molecule has 2 saturated heterocycles. The van der Waals surface area contributed by atoms with Gasteiger partial charge in [0.05, 0.1) is 49.4 Å². The van der Waals surface area contributed by atoms with Crippen molar-refractivity contribution in [3.63, 3.8) is 0 Å². The number of carbonyl (C=O) groups is 1. The Bertz CT molecular complexity index is 1470. The molecule has 4 heterocycles. The quantitative estimate of drug-likeness (QED) is 0.392. The summed E-state index contributed by atoms with van der Waals surface area (Å²) in [7, 11) is 0. The molecular weight excluding hydrogens is 546 g/mol. The Kier molecular flexibility index (Phi) is 7.80. The second-order valence-corrected chi connectivity index (χ2v) is 12.3. The first kappa shape index (κ1) is 27.3. The lowest BCUT2D eigenvalue weighted by Crippen LogP contribution is -2.36. The summed E-state index contributed by atoms with van der Waals surface area (Å²) in [6, 6.07) is 17.4. The lowest BCUT2D eigenvalue weighted by atomic mass is 9.77. The van der Waals surface area contributed by atoms with Gasteiger partial charge in [-0.05, 0) is 73.2 Å². The van der Waals surface area contributed by atoms with Crippen molar-refractivity contribution in [2.75, 3.05) is 62.4 Å². The van der Waals surface area contributed by atoms with Gasteiger partial charge in [0, 0.05) is 43.5 Å². The number of amides is 1. The largest absolute Gasteiger partial charge is 0.378 e. The van der Waals surface area contributed by atoms with Crippen molar-refractivity contribution < 1.29 is 14.3 Å². The van der Waals surface area contributed by atoms with Crippen molar-refractivity contribution in [1.82, 2.24) is 9.99 Å². The molecule has 0 spiro atoms. The van der Waals surface area contributed by atoms with Crippen LogP contribution >= 0.6 is 11.3 Å². The highest BCUT2D eigenvalue weighted by Gasteiger charge is 2.44. The van der Waals surface area contributed by atoms with Crippen molar-refractivity contribution >= 4 is 40.4 Å². The van der Waals surface area contributed by atoms with E-state index in [1.54, 1.807) is 10.5 Å². The third-order valence-corrected chi connectivity index (χ3v) is 9.79. The molecule has 42 heavy (non-hydrogen) atoms. The molecule has 9 heteroatoms. The Balaban J connectivity index is 1.20. The number of allylic oxidation sites excluding steroid dienone is 1. The highest BCUT2D eigenvalue weighted by molar-refractivity contribution is 7.11. The van der Waals surface area contributed by atoms with Crippen molar-refractivity contribution in [3.05, 3.63) is 81.3 Å². The van der Waals surface area contributed by atoms with Crippen molar-refractivity contribution in [2.45, 2.75) is 32.2 Å². The van der Waals surface area contributed by atoms with E-state index in [1.807, 2.05) is 6.92 Å². The fraction of sp³-hybridized carbons (Fsp3) is 0.424. The van der Waals surface area contributed by atoms with Crippen LogP contribution in [-0.4, -0.2) is 74.2 Å². The Morgan fingerprint density at radius 1 is 0.905 bits per heavy atom. The molecule has 7 rings (SSSR count). The first-order chi connectivity index (χ1) is 20.7. The summed E-state index contributed by atoms with van der Waals surface area (Å²) >= 11 is 1.40. The molecule has 2 aromatic carbocycles. The average Bonchev–Trinajstić information content (AvgIpc) is 3.66. The molecule has 1 saturated carbocycles. The second kappa shape index (κ2) is 12.0. The van der Waals surface area contributed by atoms with Crippen LogP contribution in [0, 0.1) is 12.8 Å². The van der Waals surface area contributed by atoms with Crippen LogP contribution in [0.3, 0.4) is 0 Å². The minimum atomic E-state index is -0.139. The summed E-state index contributed by atoms with van der Waals surface area (Å²) in [5.74, 6) is 0.0948. The van der Waals surface area contributed by atoms with E-state index < -0.39 is 0 Å². The number of aromatic nitrogens is 1. The number of nitrogens with zero attached hydrogens (tertiary/aromatic N) is 5. The van der Waals surface area contributed by atoms with Crippen molar-refractivity contribution in [1.29, 1.82) is 0 Å². The van der Waals surface area contributed by atoms with Gasteiger partial charge in [0.1, 0.15) is 4.88 Å². The molecule has 1 amide bonds. The van der Waals surface area contributed by atoms with E-state index in [2.05, 4.69) is 69.4 Å². The molecule has 8 nitrogen and oxygen atoms in total. The number of fused-ring (bicyclic) bond motifs is 1. The fourth-order valence-corrected chi connectivity index (χ4v) is 7.35. The molecule has 2 atom stereocenters. The number of thiazole rings is 1. The molecule has 3 aliphatic heterocycles. The summed E-state index contributed by atoms with van der Waals surface area (Å²) in [6.07, 6.45) is 5.32. The zero-order valence-electron chi connectivity index (χ0n) is 24.1. The predicted molar refractivity (Wildman–Crippen MR) is 167 cm³/mol. The number of anilines is 2. The fourth-order valence-electron chi connectivity index (χ4n) is 6.62. The number of aryl methyl sites for hydroxylation is 1. The topological polar surface area (TPSA) is 70.5 Å². The van der Waals surface area contributed by atoms with Crippen LogP contribution in [0.25, 0.3) is 6.08 Å². The van der Waals surface area contributed by atoms with Crippen LogP contribution in [0.4, 0.5) is 11.4 Å². The lowest BCUT2D eigenvalue weighted by molar-refractivity contribution is 0.0685. The molecule has 0 radical (unpaired) electrons. The van der Waals surface area contributed by atoms with Gasteiger partial charge in [0.2, 0.25) is 0 Å². The van der Waals surface area contributed by atoms with Gasteiger partial charge in [0.25, 0.3) is 5.91 Å². The van der Waals surface area contributed by atoms with E-state index in [-0.39, 0.29) is 17.9 Å². The number of rotatable bonds is 5. The van der Waals surface area contributed by atoms with Crippen LogP contribution in [0.1, 0.15) is 51.8 Å². The minimum absolute atomic E-state index is 0.0617. The number of hydrazone groups is 1. The van der Waals surface area contributed by atoms with Gasteiger partial charge in [-0.2, -0.15) is 5.10 Å². The van der Waals surface area contributed by atoms with Crippen LogP contribution in [0.15, 0.2) is 64.7 Å². The molecular formula is C33H37N5O3S. The van der Waals surface area contributed by atoms with E-state index in [4.69, 9.17) is 14.6 Å². The van der Waals surface area contributed by atoms with Crippen LogP contribution < -0.4 is 9.80 Å². The van der Waals surface area contributed by atoms with Gasteiger partial charge >= 0.3 is 0 Å². The van der Waals surface area contributed by atoms with Gasteiger partial charge in [-0.15, -0.1) is 11.3 Å². The smallest absolute Gasteiger partial charge is 0.286 e. The van der Waals surface area contributed by atoms with Gasteiger partial charge in [-0.3, -0.25) is 4.79 Å². The standard InChI is InChI=1S/C33H37N5O3S/c1-23-32(42-22-34-23)33(39)38-31(25-7-11-28(12-8-25)37-15-19-41-20-16-37)29-4-2-3-26(30(29)35-38)21-24-5-9-27(10-6-24)36-13-17-40-18-14-36/h5-12,21-22,29,31H,2-4,13-20H2,1H3/b26-21+/t29-,31+/m1/s1. The van der Waals surface area contributed by atoms with E-state index in [0.717, 1.165) is 88.8 Å². The van der Waals surface area contributed by atoms with Gasteiger partial charge in [-0.25, -0.2) is 9.99 Å². The summed E-state index contributed by atoms with van der Waals surface area (Å²) in [4.78, 5) is 23.7. The van der Waals surface area contributed by atoms with Gasteiger partial charge < -0.3 is 19.3 Å². The Morgan fingerprint density at radius 3 is 2.12 bits per heavy atom. The Morgan fingerprint density at radius 2 is 1.52 bits per heavy atom. The molecule has 1 aromatic heterocycles. The molecule has 3 aromatic rings. The molecule has 1 aliphatic carbocycles. The predicted octanol–water partition coefficient (Wildman–Crippen LogP) is 5.56. The molecule has 218 valence electrons. The normalized spacial score (nSPS) is 23.7. The molecule has 0 N–H and O–H groups in total. The second-order valence-electron chi connectivity index (χ2n) is 11.4. The first-order valence-electron chi connectivity index (χ1n) is 15.0. The van der Waals surface area contributed by atoms with Gasteiger partial charge in [-0.1, -0.05) is 24.3 Å². The highest BCUT2D eigenvalue weighted by atomic mass is 32.1. The average molecular weight is 584 g/mol. The SMILES string of the molecule is Cc1ncsc1C(=O)N1N=C2/C(=C/c3ccc(N4CCOCC4)cc3)CCC[C@H]2[C@@H]1c1ccc(N2CCOCC2)cc1. The number of benzene rings is 2. The summed E-state index contributed by atoms with van der Waals surface area (Å²) in [5, 5.41) is 6.86. The summed E-state index contributed by atoms with van der Waals surface area (Å²) in [5.41, 5.74) is 9.52. The number of carbonyl (C=O) groups excluding carboxylic acids is 1. The maximum absolute atomic E-state index is 14.0. The van der Waals surface area contributed by atoms with E-state index in [9.17, 15) is 4.79 Å². The van der Waals surface area contributed by atoms with Crippen LogP contribution in [0.5, 0.6) is 0 Å². The van der Waals surface area contributed by atoms with Crippen LogP contribution in [0.2, 0.25) is 0 Å². The van der Waals surface area contributed by atoms with Gasteiger partial charge in [0.15, 0.2) is 0 Å². The maximum atomic E-state index is 14.0. The van der Waals surface area contributed by atoms with Crippen LogP contribution in [-0.2, 0) is 9.47 Å². The van der Waals surface area contributed by atoms with E-state index in [1.165, 1.54) is 33.8 Å². The number of hydrogen-bond acceptors (Lipinski definition) is 8. The molecule has 0 unspecified atom stereocenters. The summed E-state index contributed by atoms with van der Waals surface area (Å²) in [6.45, 7) is 8.62. The summed E-state index contributed by atoms with van der Waals surface area (Å²) < 4.78 is 11.1. The van der Waals surface area contributed by atoms with E-state index >= 15 is 0 Å². The van der Waals surface area contributed by atoms with Crippen molar-refractivity contribution in [2.24, 2.45) is 11.0 Å². The maximum Gasteiger partial charge on any atom is 0.286 e. The lowest BCUT2D eigenvalue weighted by Gasteiger charge is -2.31. The number of hydrogen-bond donors (Lipinski definition) is 0. The monoisotopic (exact) mass is 583 g/mol.